The molecule has 0 aliphatic heterocycles. The topological polar surface area (TPSA) is 37.3 Å². The lowest BCUT2D eigenvalue weighted by molar-refractivity contribution is 0.0696. The van der Waals surface area contributed by atoms with Crippen molar-refractivity contribution in [1.82, 2.24) is 0 Å². The summed E-state index contributed by atoms with van der Waals surface area (Å²) in [4.78, 5) is 12.0. The molecule has 0 saturated carbocycles. The third kappa shape index (κ3) is 2.99. The number of benzene rings is 1. The van der Waals surface area contributed by atoms with Crippen LogP contribution in [0.4, 0.5) is 0 Å². The zero-order valence-corrected chi connectivity index (χ0v) is 10.3. The molecule has 0 saturated heterocycles. The summed E-state index contributed by atoms with van der Waals surface area (Å²) in [5, 5.41) is 9.41. The van der Waals surface area contributed by atoms with Gasteiger partial charge in [0.15, 0.2) is 0 Å². The first-order chi connectivity index (χ1) is 6.91. The second-order valence-electron chi connectivity index (χ2n) is 3.89. The van der Waals surface area contributed by atoms with Crippen LogP contribution in [0.15, 0.2) is 17.0 Å². The molecule has 1 rings (SSSR count). The minimum absolute atomic E-state index is 0.376. The highest BCUT2D eigenvalue weighted by Crippen LogP contribution is 2.29. The average Bonchev–Trinajstić information content (AvgIpc) is 2.11. The highest BCUT2D eigenvalue weighted by molar-refractivity contribution is 8.00. The van der Waals surface area contributed by atoms with Crippen LogP contribution in [-0.2, 0) is 0 Å². The molecule has 0 aliphatic carbocycles. The van der Waals surface area contributed by atoms with E-state index < -0.39 is 5.97 Å². The Bertz CT molecular complexity index is 383. The Kier molecular flexibility index (Phi) is 3.80. The molecule has 1 aromatic rings. The third-order valence-electron chi connectivity index (χ3n) is 2.23. The molecule has 0 bridgehead atoms. The van der Waals surface area contributed by atoms with Gasteiger partial charge < -0.3 is 5.11 Å². The Balaban J connectivity index is 3.19. The van der Waals surface area contributed by atoms with Crippen LogP contribution >= 0.6 is 11.8 Å². The van der Waals surface area contributed by atoms with E-state index in [0.29, 0.717) is 10.8 Å². The second-order valence-corrected chi connectivity index (χ2v) is 5.51. The number of hydrogen-bond donors (Lipinski definition) is 1. The van der Waals surface area contributed by atoms with Crippen molar-refractivity contribution in [3.63, 3.8) is 0 Å². The molecule has 0 aromatic heterocycles. The van der Waals surface area contributed by atoms with Gasteiger partial charge in [-0.1, -0.05) is 13.8 Å². The summed E-state index contributed by atoms with van der Waals surface area (Å²) in [5.74, 6) is -0.858. The summed E-state index contributed by atoms with van der Waals surface area (Å²) in [6.45, 7) is 8.19. The normalized spacial score (nSPS) is 10.7. The standard InChI is InChI=1S/C12H16O2S/c1-7(2)15-11-6-10(12(13)14)5-8(3)9(11)4/h5-7H,1-4H3,(H,13,14). The predicted octanol–water partition coefficient (Wildman–Crippen LogP) is 3.50. The second kappa shape index (κ2) is 4.71. The van der Waals surface area contributed by atoms with Gasteiger partial charge in [-0.25, -0.2) is 4.79 Å². The lowest BCUT2D eigenvalue weighted by Crippen LogP contribution is -2.00. The first kappa shape index (κ1) is 12.1. The van der Waals surface area contributed by atoms with Gasteiger partial charge in [0.2, 0.25) is 0 Å². The monoisotopic (exact) mass is 224 g/mol. The maximum Gasteiger partial charge on any atom is 0.335 e. The molecule has 0 amide bonds. The van der Waals surface area contributed by atoms with Gasteiger partial charge in [0, 0.05) is 10.1 Å². The lowest BCUT2D eigenvalue weighted by Gasteiger charge is -2.11. The van der Waals surface area contributed by atoms with Crippen molar-refractivity contribution >= 4 is 17.7 Å². The van der Waals surface area contributed by atoms with Crippen LogP contribution in [0.5, 0.6) is 0 Å². The molecule has 1 aromatic carbocycles. The Hall–Kier alpha value is -0.960. The van der Waals surface area contributed by atoms with Gasteiger partial charge in [-0.3, -0.25) is 0 Å². The molecule has 0 spiro atoms. The van der Waals surface area contributed by atoms with Crippen LogP contribution in [0.1, 0.15) is 35.3 Å². The number of thioether (sulfide) groups is 1. The summed E-state index contributed by atoms with van der Waals surface area (Å²) in [6, 6.07) is 3.48. The van der Waals surface area contributed by atoms with Gasteiger partial charge in [0.05, 0.1) is 5.56 Å². The predicted molar refractivity (Wildman–Crippen MR) is 63.9 cm³/mol. The van der Waals surface area contributed by atoms with Crippen molar-refractivity contribution in [2.45, 2.75) is 37.8 Å². The Morgan fingerprint density at radius 3 is 2.40 bits per heavy atom. The van der Waals surface area contributed by atoms with Gasteiger partial charge in [-0.05, 0) is 37.1 Å². The first-order valence-electron chi connectivity index (χ1n) is 4.93. The third-order valence-corrected chi connectivity index (χ3v) is 3.38. The maximum atomic E-state index is 10.9. The first-order valence-corrected chi connectivity index (χ1v) is 5.81. The Labute approximate surface area is 94.7 Å². The van der Waals surface area contributed by atoms with Crippen LogP contribution in [0.3, 0.4) is 0 Å². The molecule has 0 aliphatic rings. The highest BCUT2D eigenvalue weighted by Gasteiger charge is 2.10. The van der Waals surface area contributed by atoms with Crippen molar-refractivity contribution in [1.29, 1.82) is 0 Å². The summed E-state index contributed by atoms with van der Waals surface area (Å²) in [7, 11) is 0. The molecule has 0 fully saturated rings. The molecule has 0 atom stereocenters. The molecular formula is C12H16O2S. The SMILES string of the molecule is Cc1cc(C(=O)O)cc(SC(C)C)c1C. The summed E-state index contributed by atoms with van der Waals surface area (Å²) < 4.78 is 0. The summed E-state index contributed by atoms with van der Waals surface area (Å²) in [6.07, 6.45) is 0. The van der Waals surface area contributed by atoms with E-state index in [-0.39, 0.29) is 0 Å². The lowest BCUT2D eigenvalue weighted by atomic mass is 10.1. The van der Waals surface area contributed by atoms with Crippen molar-refractivity contribution in [3.05, 3.63) is 28.8 Å². The number of rotatable bonds is 3. The number of aromatic carboxylic acids is 1. The number of carboxylic acids is 1. The molecule has 15 heavy (non-hydrogen) atoms. The number of carbonyl (C=O) groups is 1. The van der Waals surface area contributed by atoms with E-state index in [2.05, 4.69) is 13.8 Å². The van der Waals surface area contributed by atoms with Gasteiger partial charge in [0.1, 0.15) is 0 Å². The van der Waals surface area contributed by atoms with Crippen molar-refractivity contribution in [3.8, 4) is 0 Å². The Morgan fingerprint density at radius 1 is 1.33 bits per heavy atom. The van der Waals surface area contributed by atoms with Gasteiger partial charge >= 0.3 is 5.97 Å². The zero-order valence-electron chi connectivity index (χ0n) is 9.50. The van der Waals surface area contributed by atoms with E-state index in [1.54, 1.807) is 23.9 Å². The van der Waals surface area contributed by atoms with Crippen molar-refractivity contribution < 1.29 is 9.90 Å². The van der Waals surface area contributed by atoms with Crippen LogP contribution < -0.4 is 0 Å². The minimum atomic E-state index is -0.858. The van der Waals surface area contributed by atoms with Crippen molar-refractivity contribution in [2.75, 3.05) is 0 Å². The van der Waals surface area contributed by atoms with E-state index in [9.17, 15) is 4.79 Å². The van der Waals surface area contributed by atoms with Gasteiger partial charge in [0.25, 0.3) is 0 Å². The van der Waals surface area contributed by atoms with E-state index in [1.165, 1.54) is 5.56 Å². The van der Waals surface area contributed by atoms with Crippen LogP contribution in [0.25, 0.3) is 0 Å². The van der Waals surface area contributed by atoms with E-state index in [0.717, 1.165) is 10.5 Å². The summed E-state index contributed by atoms with van der Waals surface area (Å²) in [5.41, 5.74) is 2.60. The van der Waals surface area contributed by atoms with Crippen LogP contribution in [0, 0.1) is 13.8 Å². The van der Waals surface area contributed by atoms with E-state index in [1.807, 2.05) is 13.8 Å². The minimum Gasteiger partial charge on any atom is -0.478 e. The fraction of sp³-hybridized carbons (Fsp3) is 0.417. The average molecular weight is 224 g/mol. The zero-order chi connectivity index (χ0) is 11.6. The number of hydrogen-bond acceptors (Lipinski definition) is 2. The molecule has 0 heterocycles. The smallest absolute Gasteiger partial charge is 0.335 e. The number of carboxylic acid groups (broad SMARTS) is 1. The molecule has 82 valence electrons. The fourth-order valence-electron chi connectivity index (χ4n) is 1.33. The molecule has 2 nitrogen and oxygen atoms in total. The highest BCUT2D eigenvalue weighted by atomic mass is 32.2. The maximum absolute atomic E-state index is 10.9. The van der Waals surface area contributed by atoms with Gasteiger partial charge in [-0.2, -0.15) is 0 Å². The van der Waals surface area contributed by atoms with E-state index >= 15 is 0 Å². The molecule has 0 unspecified atom stereocenters. The summed E-state index contributed by atoms with van der Waals surface area (Å²) >= 11 is 1.71. The van der Waals surface area contributed by atoms with E-state index in [4.69, 9.17) is 5.11 Å². The molecule has 3 heteroatoms. The quantitative estimate of drug-likeness (QED) is 0.798. The fourth-order valence-corrected chi connectivity index (χ4v) is 2.37. The largest absolute Gasteiger partial charge is 0.478 e. The number of aryl methyl sites for hydroxylation is 1. The van der Waals surface area contributed by atoms with Crippen molar-refractivity contribution in [2.24, 2.45) is 0 Å². The Morgan fingerprint density at radius 2 is 1.93 bits per heavy atom. The van der Waals surface area contributed by atoms with Gasteiger partial charge in [-0.15, -0.1) is 11.8 Å². The molecular weight excluding hydrogens is 208 g/mol. The van der Waals surface area contributed by atoms with Crippen LogP contribution in [0.2, 0.25) is 0 Å². The molecule has 1 N–H and O–H groups in total. The van der Waals surface area contributed by atoms with Crippen LogP contribution in [-0.4, -0.2) is 16.3 Å². The molecule has 0 radical (unpaired) electrons.